The molecule has 2 aromatic heterocycles. The van der Waals surface area contributed by atoms with Gasteiger partial charge in [-0.25, -0.2) is 0 Å². The van der Waals surface area contributed by atoms with Crippen molar-refractivity contribution >= 4 is 46.4 Å². The molecule has 0 fully saturated rings. The van der Waals surface area contributed by atoms with Gasteiger partial charge in [0.1, 0.15) is 0 Å². The average Bonchev–Trinajstić information content (AvgIpc) is 2.72. The molecule has 4 rings (SSSR count). The van der Waals surface area contributed by atoms with Crippen LogP contribution in [0, 0.1) is 0 Å². The van der Waals surface area contributed by atoms with Crippen LogP contribution < -0.4 is 9.47 Å². The predicted octanol–water partition coefficient (Wildman–Crippen LogP) is 5.80. The van der Waals surface area contributed by atoms with Gasteiger partial charge in [-0.3, -0.25) is 9.97 Å². The molecule has 29 heavy (non-hydrogen) atoms. The number of aromatic nitrogens is 2. The summed E-state index contributed by atoms with van der Waals surface area (Å²) in [6.45, 7) is 2.11. The molecule has 0 spiro atoms. The number of pyridine rings is 2. The highest BCUT2D eigenvalue weighted by atomic mass is 35.5. The van der Waals surface area contributed by atoms with Gasteiger partial charge in [-0.2, -0.15) is 0 Å². The van der Waals surface area contributed by atoms with Crippen molar-refractivity contribution in [3.63, 3.8) is 0 Å². The Morgan fingerprint density at radius 3 is 2.10 bits per heavy atom. The molecule has 152 valence electrons. The van der Waals surface area contributed by atoms with Crippen LogP contribution in [0.3, 0.4) is 0 Å². The number of halogens is 2. The molecule has 0 bridgehead atoms. The van der Waals surface area contributed by atoms with Gasteiger partial charge in [-0.05, 0) is 41.0 Å². The highest BCUT2D eigenvalue weighted by Gasteiger charge is 2.13. The van der Waals surface area contributed by atoms with Crippen LogP contribution in [0.5, 0.6) is 11.5 Å². The Labute approximate surface area is 183 Å². The molecule has 0 saturated heterocycles. The van der Waals surface area contributed by atoms with Gasteiger partial charge in [0.05, 0.1) is 14.2 Å². The number of benzene rings is 2. The second kappa shape index (κ2) is 9.77. The second-order valence-corrected chi connectivity index (χ2v) is 6.54. The largest absolute Gasteiger partial charge is 0.493 e. The fourth-order valence-corrected chi connectivity index (χ4v) is 3.52. The molecule has 0 aliphatic heterocycles. The summed E-state index contributed by atoms with van der Waals surface area (Å²) in [6, 6.07) is 14.5. The molecule has 0 aliphatic carbocycles. The minimum absolute atomic E-state index is 0. The van der Waals surface area contributed by atoms with E-state index in [-0.39, 0.29) is 24.8 Å². The van der Waals surface area contributed by atoms with E-state index < -0.39 is 0 Å². The monoisotopic (exact) mass is 430 g/mol. The summed E-state index contributed by atoms with van der Waals surface area (Å²) in [4.78, 5) is 9.33. The molecule has 0 N–H and O–H groups in total. The molecule has 4 nitrogen and oxygen atoms in total. The number of methoxy groups -OCH3 is 2. The van der Waals surface area contributed by atoms with Crippen LogP contribution in [0.1, 0.15) is 23.9 Å². The van der Waals surface area contributed by atoms with Crippen LogP contribution in [-0.2, 0) is 12.8 Å². The standard InChI is InChI=1S/C23H22N2O2.2ClH/c1-4-21-20-12-23(27-3)22(26-2)11-19(20)17(14-25-21)10-18-9-15-7-5-6-8-16(15)13-24-18;;/h5-9,11-14H,4,10H2,1-3H3;2*1H. The lowest BCUT2D eigenvalue weighted by Crippen LogP contribution is -1.99. The normalized spacial score (nSPS) is 10.3. The molecule has 0 aliphatic rings. The zero-order chi connectivity index (χ0) is 18.8. The van der Waals surface area contributed by atoms with Gasteiger partial charge < -0.3 is 9.47 Å². The number of aryl methyl sites for hydroxylation is 1. The summed E-state index contributed by atoms with van der Waals surface area (Å²) in [5, 5.41) is 4.59. The van der Waals surface area contributed by atoms with Crippen LogP contribution in [-0.4, -0.2) is 24.2 Å². The Hall–Kier alpha value is -2.56. The Bertz CT molecular complexity index is 1130. The third-order valence-corrected chi connectivity index (χ3v) is 4.95. The second-order valence-electron chi connectivity index (χ2n) is 6.54. The molecule has 0 amide bonds. The van der Waals surface area contributed by atoms with Crippen molar-refractivity contribution < 1.29 is 9.47 Å². The summed E-state index contributed by atoms with van der Waals surface area (Å²) in [7, 11) is 3.32. The van der Waals surface area contributed by atoms with Gasteiger partial charge >= 0.3 is 0 Å². The highest BCUT2D eigenvalue weighted by molar-refractivity contribution is 5.91. The molecule has 6 heteroatoms. The molecule has 0 saturated carbocycles. The van der Waals surface area contributed by atoms with E-state index in [1.54, 1.807) is 14.2 Å². The van der Waals surface area contributed by atoms with E-state index in [4.69, 9.17) is 14.5 Å². The quantitative estimate of drug-likeness (QED) is 0.401. The van der Waals surface area contributed by atoms with Crippen molar-refractivity contribution in [1.82, 2.24) is 9.97 Å². The van der Waals surface area contributed by atoms with Crippen LogP contribution in [0.15, 0.2) is 54.9 Å². The predicted molar refractivity (Wildman–Crippen MR) is 123 cm³/mol. The molecular weight excluding hydrogens is 407 g/mol. The van der Waals surface area contributed by atoms with Gasteiger partial charge in [-0.15, -0.1) is 24.8 Å². The van der Waals surface area contributed by atoms with Gasteiger partial charge in [0, 0.05) is 41.0 Å². The SMILES string of the molecule is CCc1ncc(Cc2cc3ccccc3cn2)c2cc(OC)c(OC)cc12.Cl.Cl. The first kappa shape index (κ1) is 22.7. The number of rotatable bonds is 5. The first-order valence-electron chi connectivity index (χ1n) is 9.09. The molecule has 0 unspecified atom stereocenters. The molecule has 0 radical (unpaired) electrons. The van der Waals surface area contributed by atoms with E-state index in [0.29, 0.717) is 6.42 Å². The van der Waals surface area contributed by atoms with Crippen molar-refractivity contribution in [2.24, 2.45) is 0 Å². The maximum absolute atomic E-state index is 5.52. The zero-order valence-electron chi connectivity index (χ0n) is 16.6. The van der Waals surface area contributed by atoms with Gasteiger partial charge in [-0.1, -0.05) is 31.2 Å². The highest BCUT2D eigenvalue weighted by Crippen LogP contribution is 2.35. The Morgan fingerprint density at radius 2 is 1.45 bits per heavy atom. The minimum atomic E-state index is 0. The summed E-state index contributed by atoms with van der Waals surface area (Å²) < 4.78 is 11.0. The van der Waals surface area contributed by atoms with Crippen molar-refractivity contribution in [2.75, 3.05) is 14.2 Å². The van der Waals surface area contributed by atoms with E-state index in [1.807, 2.05) is 30.6 Å². The molecule has 0 atom stereocenters. The van der Waals surface area contributed by atoms with E-state index >= 15 is 0 Å². The third-order valence-electron chi connectivity index (χ3n) is 4.95. The zero-order valence-corrected chi connectivity index (χ0v) is 18.3. The maximum Gasteiger partial charge on any atom is 0.161 e. The number of hydrogen-bond acceptors (Lipinski definition) is 4. The Balaban J connectivity index is 0.00000150. The minimum Gasteiger partial charge on any atom is -0.493 e. The summed E-state index contributed by atoms with van der Waals surface area (Å²) in [6.07, 6.45) is 5.47. The third kappa shape index (κ3) is 4.39. The van der Waals surface area contributed by atoms with Gasteiger partial charge in [0.2, 0.25) is 0 Å². The first-order chi connectivity index (χ1) is 13.2. The summed E-state index contributed by atoms with van der Waals surface area (Å²) >= 11 is 0. The molecular formula is C23H24Cl2N2O2. The lowest BCUT2D eigenvalue weighted by molar-refractivity contribution is 0.356. The lowest BCUT2D eigenvalue weighted by atomic mass is 9.99. The Morgan fingerprint density at radius 1 is 0.793 bits per heavy atom. The van der Waals surface area contributed by atoms with Crippen molar-refractivity contribution in [3.05, 3.63) is 71.8 Å². The summed E-state index contributed by atoms with van der Waals surface area (Å²) in [5.41, 5.74) is 3.21. The van der Waals surface area contributed by atoms with E-state index in [2.05, 4.69) is 36.2 Å². The van der Waals surface area contributed by atoms with E-state index in [0.717, 1.165) is 51.0 Å². The van der Waals surface area contributed by atoms with Crippen LogP contribution in [0.2, 0.25) is 0 Å². The van der Waals surface area contributed by atoms with Gasteiger partial charge in [0.15, 0.2) is 11.5 Å². The fourth-order valence-electron chi connectivity index (χ4n) is 3.52. The number of fused-ring (bicyclic) bond motifs is 2. The van der Waals surface area contributed by atoms with Crippen molar-refractivity contribution in [1.29, 1.82) is 0 Å². The van der Waals surface area contributed by atoms with Gasteiger partial charge in [0.25, 0.3) is 0 Å². The number of nitrogens with zero attached hydrogens (tertiary/aromatic N) is 2. The van der Waals surface area contributed by atoms with Crippen molar-refractivity contribution in [2.45, 2.75) is 19.8 Å². The molecule has 2 heterocycles. The van der Waals surface area contributed by atoms with Crippen molar-refractivity contribution in [3.8, 4) is 11.5 Å². The van der Waals surface area contributed by atoms with Crippen LogP contribution >= 0.6 is 24.8 Å². The smallest absolute Gasteiger partial charge is 0.161 e. The average molecular weight is 431 g/mol. The molecule has 2 aromatic carbocycles. The fraction of sp³-hybridized carbons (Fsp3) is 0.217. The van der Waals surface area contributed by atoms with E-state index in [1.165, 1.54) is 5.39 Å². The van der Waals surface area contributed by atoms with Crippen LogP contribution in [0.25, 0.3) is 21.5 Å². The van der Waals surface area contributed by atoms with Crippen LogP contribution in [0.4, 0.5) is 0 Å². The Kier molecular flexibility index (Phi) is 7.66. The maximum atomic E-state index is 5.52. The first-order valence-corrected chi connectivity index (χ1v) is 9.09. The molecule has 4 aromatic rings. The topological polar surface area (TPSA) is 44.2 Å². The number of ether oxygens (including phenoxy) is 2. The number of hydrogen-bond donors (Lipinski definition) is 0. The lowest BCUT2D eigenvalue weighted by Gasteiger charge is -2.14. The summed E-state index contributed by atoms with van der Waals surface area (Å²) in [5.74, 6) is 1.45. The van der Waals surface area contributed by atoms with E-state index in [9.17, 15) is 0 Å².